The summed E-state index contributed by atoms with van der Waals surface area (Å²) in [5.41, 5.74) is 1.71. The van der Waals surface area contributed by atoms with Crippen molar-refractivity contribution in [2.24, 2.45) is 11.3 Å². The van der Waals surface area contributed by atoms with Gasteiger partial charge in [-0.05, 0) is 30.6 Å². The monoisotopic (exact) mass is 369 g/mol. The summed E-state index contributed by atoms with van der Waals surface area (Å²) in [4.78, 5) is 8.48. The van der Waals surface area contributed by atoms with Crippen LogP contribution in [0.3, 0.4) is 0 Å². The lowest BCUT2D eigenvalue weighted by Crippen LogP contribution is -2.27. The van der Waals surface area contributed by atoms with E-state index in [0.717, 1.165) is 29.3 Å². The van der Waals surface area contributed by atoms with Gasteiger partial charge in [-0.2, -0.15) is 0 Å². The number of imidazole rings is 1. The van der Waals surface area contributed by atoms with Crippen molar-refractivity contribution in [2.45, 2.75) is 45.4 Å². The molecule has 3 heterocycles. The van der Waals surface area contributed by atoms with Gasteiger partial charge < -0.3 is 4.90 Å². The molecule has 0 aliphatic carbocycles. The lowest BCUT2D eigenvalue weighted by molar-refractivity contribution is 0.220. The fourth-order valence-electron chi connectivity index (χ4n) is 3.37. The van der Waals surface area contributed by atoms with Crippen molar-refractivity contribution in [1.29, 1.82) is 0 Å². The second-order valence-corrected chi connectivity index (χ2v) is 8.49. The lowest BCUT2D eigenvalue weighted by Gasteiger charge is -2.29. The van der Waals surface area contributed by atoms with E-state index in [2.05, 4.69) is 57.6 Å². The summed E-state index contributed by atoms with van der Waals surface area (Å²) >= 11 is 5.36. The van der Waals surface area contributed by atoms with Crippen molar-refractivity contribution in [3.8, 4) is 0 Å². The Balaban J connectivity index is 1.84. The number of aromatic nitrogens is 2. The van der Waals surface area contributed by atoms with Crippen molar-refractivity contribution < 1.29 is 0 Å². The van der Waals surface area contributed by atoms with Crippen LogP contribution in [0.4, 0.5) is 5.82 Å². The topological polar surface area (TPSA) is 20.5 Å². The van der Waals surface area contributed by atoms with Crippen LogP contribution in [-0.4, -0.2) is 22.5 Å². The number of halogens is 1. The quantitative estimate of drug-likeness (QED) is 0.698. The number of alkyl halides is 1. The van der Waals surface area contributed by atoms with E-state index in [1.165, 1.54) is 30.8 Å². The number of rotatable bonds is 2. The maximum atomic E-state index is 4.87. The van der Waals surface area contributed by atoms with Crippen LogP contribution in [0, 0.1) is 11.3 Å². The van der Waals surface area contributed by atoms with E-state index in [1.54, 1.807) is 11.3 Å². The largest absolute Gasteiger partial charge is 0.355 e. The molecule has 1 aliphatic heterocycles. The van der Waals surface area contributed by atoms with Gasteiger partial charge in [-0.3, -0.25) is 4.40 Å². The average Bonchev–Trinajstić information content (AvgIpc) is 2.89. The number of anilines is 1. The van der Waals surface area contributed by atoms with Crippen LogP contribution in [-0.2, 0) is 5.33 Å². The normalized spacial score (nSPS) is 21.0. The third-order valence-corrected chi connectivity index (χ3v) is 6.01. The molecule has 21 heavy (non-hydrogen) atoms. The molecule has 0 radical (unpaired) electrons. The Labute approximate surface area is 139 Å². The smallest absolute Gasteiger partial charge is 0.195 e. The van der Waals surface area contributed by atoms with E-state index >= 15 is 0 Å². The molecule has 116 valence electrons. The molecule has 0 aromatic carbocycles. The zero-order valence-electron chi connectivity index (χ0n) is 13.1. The van der Waals surface area contributed by atoms with Crippen LogP contribution in [0.25, 0.3) is 4.96 Å². The van der Waals surface area contributed by atoms with Crippen LogP contribution in [0.5, 0.6) is 0 Å². The number of thiazole rings is 1. The Kier molecular flexibility index (Phi) is 4.33. The molecule has 1 atom stereocenters. The molecule has 0 spiro atoms. The predicted octanol–water partition coefficient (Wildman–Crippen LogP) is 4.94. The van der Waals surface area contributed by atoms with Gasteiger partial charge in [0, 0.05) is 30.0 Å². The van der Waals surface area contributed by atoms with Crippen molar-refractivity contribution in [2.75, 3.05) is 18.0 Å². The third-order valence-electron chi connectivity index (χ3n) is 4.72. The summed E-state index contributed by atoms with van der Waals surface area (Å²) in [6, 6.07) is 0. The summed E-state index contributed by atoms with van der Waals surface area (Å²) in [6.45, 7) is 9.40. The lowest BCUT2D eigenvalue weighted by atomic mass is 9.77. The Morgan fingerprint density at radius 2 is 2.14 bits per heavy atom. The minimum absolute atomic E-state index is 0.419. The van der Waals surface area contributed by atoms with E-state index in [1.807, 2.05) is 0 Å². The van der Waals surface area contributed by atoms with Gasteiger partial charge in [-0.15, -0.1) is 11.3 Å². The van der Waals surface area contributed by atoms with Gasteiger partial charge in [0.25, 0.3) is 0 Å². The molecule has 3 nitrogen and oxygen atoms in total. The van der Waals surface area contributed by atoms with Gasteiger partial charge in [0.15, 0.2) is 10.8 Å². The maximum absolute atomic E-state index is 4.87. The number of hydrogen-bond donors (Lipinski definition) is 0. The summed E-state index contributed by atoms with van der Waals surface area (Å²) in [7, 11) is 0. The highest BCUT2D eigenvalue weighted by molar-refractivity contribution is 9.08. The number of hydrogen-bond acceptors (Lipinski definition) is 3. The van der Waals surface area contributed by atoms with E-state index in [0.29, 0.717) is 5.41 Å². The van der Waals surface area contributed by atoms with Crippen LogP contribution in [0.1, 0.15) is 45.7 Å². The third kappa shape index (κ3) is 3.00. The standard InChI is InChI=1S/C16H24BrN3S/c1-16(2,3)12-5-4-7-19(8-6-12)14-13(11-17)20-9-10-21-15(20)18-14/h9-10,12H,4-8,11H2,1-3H3. The molecule has 3 rings (SSSR count). The number of nitrogens with zero attached hydrogens (tertiary/aromatic N) is 3. The first-order valence-electron chi connectivity index (χ1n) is 7.76. The highest BCUT2D eigenvalue weighted by atomic mass is 79.9. The molecule has 1 unspecified atom stereocenters. The molecular formula is C16H24BrN3S. The summed E-state index contributed by atoms with van der Waals surface area (Å²) < 4.78 is 2.22. The minimum Gasteiger partial charge on any atom is -0.355 e. The Hall–Kier alpha value is -0.550. The molecule has 0 saturated carbocycles. The first kappa shape index (κ1) is 15.3. The van der Waals surface area contributed by atoms with Gasteiger partial charge in [0.05, 0.1) is 5.69 Å². The number of fused-ring (bicyclic) bond motifs is 1. The van der Waals surface area contributed by atoms with E-state index in [4.69, 9.17) is 4.98 Å². The molecular weight excluding hydrogens is 346 g/mol. The molecule has 0 amide bonds. The van der Waals surface area contributed by atoms with Gasteiger partial charge in [0.2, 0.25) is 0 Å². The average molecular weight is 370 g/mol. The first-order chi connectivity index (χ1) is 10.0. The maximum Gasteiger partial charge on any atom is 0.195 e. The van der Waals surface area contributed by atoms with Crippen LogP contribution in [0.2, 0.25) is 0 Å². The fourth-order valence-corrected chi connectivity index (χ4v) is 4.62. The van der Waals surface area contributed by atoms with Gasteiger partial charge in [-0.25, -0.2) is 4.98 Å². The predicted molar refractivity (Wildman–Crippen MR) is 94.7 cm³/mol. The van der Waals surface area contributed by atoms with Crippen LogP contribution >= 0.6 is 27.3 Å². The minimum atomic E-state index is 0.419. The van der Waals surface area contributed by atoms with Gasteiger partial charge >= 0.3 is 0 Å². The van der Waals surface area contributed by atoms with Crippen molar-refractivity contribution >= 4 is 38.0 Å². The second kappa shape index (κ2) is 5.92. The summed E-state index contributed by atoms with van der Waals surface area (Å²) in [5.74, 6) is 2.01. The van der Waals surface area contributed by atoms with Crippen molar-refractivity contribution in [1.82, 2.24) is 9.38 Å². The summed E-state index contributed by atoms with van der Waals surface area (Å²) in [6.07, 6.45) is 6.01. The molecule has 1 aliphatic rings. The zero-order valence-corrected chi connectivity index (χ0v) is 15.5. The van der Waals surface area contributed by atoms with E-state index in [-0.39, 0.29) is 0 Å². The molecule has 1 saturated heterocycles. The molecule has 2 aromatic heterocycles. The Morgan fingerprint density at radius 3 is 2.86 bits per heavy atom. The highest BCUT2D eigenvalue weighted by Gasteiger charge is 2.28. The molecule has 1 fully saturated rings. The molecule has 0 N–H and O–H groups in total. The zero-order chi connectivity index (χ0) is 15.0. The Morgan fingerprint density at radius 1 is 1.33 bits per heavy atom. The molecule has 5 heteroatoms. The Bertz CT molecular complexity index is 611. The van der Waals surface area contributed by atoms with E-state index in [9.17, 15) is 0 Å². The molecule has 2 aromatic rings. The molecule has 0 bridgehead atoms. The van der Waals surface area contributed by atoms with Crippen molar-refractivity contribution in [3.63, 3.8) is 0 Å². The van der Waals surface area contributed by atoms with Crippen LogP contribution < -0.4 is 4.90 Å². The SMILES string of the molecule is CC(C)(C)C1CCCN(c2nc3sccn3c2CBr)CC1. The first-order valence-corrected chi connectivity index (χ1v) is 9.76. The second-order valence-electron chi connectivity index (χ2n) is 7.05. The van der Waals surface area contributed by atoms with Gasteiger partial charge in [0.1, 0.15) is 0 Å². The van der Waals surface area contributed by atoms with Crippen molar-refractivity contribution in [3.05, 3.63) is 17.3 Å². The fraction of sp³-hybridized carbons (Fsp3) is 0.688. The van der Waals surface area contributed by atoms with Crippen LogP contribution in [0.15, 0.2) is 11.6 Å². The summed E-state index contributed by atoms with van der Waals surface area (Å²) in [5, 5.41) is 2.97. The van der Waals surface area contributed by atoms with E-state index < -0.39 is 0 Å². The highest BCUT2D eigenvalue weighted by Crippen LogP contribution is 2.36. The van der Waals surface area contributed by atoms with Gasteiger partial charge in [-0.1, -0.05) is 36.7 Å².